The largest absolute Gasteiger partial charge is 0.423 e. The van der Waals surface area contributed by atoms with Crippen molar-refractivity contribution in [1.29, 1.82) is 0 Å². The van der Waals surface area contributed by atoms with Gasteiger partial charge >= 0.3 is 5.63 Å². The SMILES string of the molecule is CNCC(C)C(=O)Nc1ccc2oc(=O)ccc2c1.Cl. The molecule has 0 aliphatic carbocycles. The Morgan fingerprint density at radius 3 is 2.75 bits per heavy atom. The van der Waals surface area contributed by atoms with Crippen LogP contribution in [0.2, 0.25) is 0 Å². The first-order chi connectivity index (χ1) is 9.10. The highest BCUT2D eigenvalue weighted by Gasteiger charge is 2.12. The van der Waals surface area contributed by atoms with Gasteiger partial charge in [-0.2, -0.15) is 0 Å². The van der Waals surface area contributed by atoms with Crippen molar-refractivity contribution >= 4 is 35.0 Å². The summed E-state index contributed by atoms with van der Waals surface area (Å²) in [4.78, 5) is 22.9. The third-order valence-electron chi connectivity index (χ3n) is 2.84. The van der Waals surface area contributed by atoms with Gasteiger partial charge in [-0.15, -0.1) is 12.4 Å². The Hall–Kier alpha value is -1.85. The fourth-order valence-electron chi connectivity index (χ4n) is 1.81. The van der Waals surface area contributed by atoms with Gasteiger partial charge in [0.15, 0.2) is 0 Å². The predicted molar refractivity (Wildman–Crippen MR) is 81.5 cm³/mol. The van der Waals surface area contributed by atoms with Crippen molar-refractivity contribution in [2.45, 2.75) is 6.92 Å². The summed E-state index contributed by atoms with van der Waals surface area (Å²) < 4.78 is 5.03. The molecule has 5 nitrogen and oxygen atoms in total. The average Bonchev–Trinajstić information content (AvgIpc) is 2.39. The standard InChI is InChI=1S/C14H16N2O3.ClH/c1-9(8-15-2)14(18)16-11-4-5-12-10(7-11)3-6-13(17)19-12;/h3-7,9,15H,8H2,1-2H3,(H,16,18);1H. The number of nitrogens with one attached hydrogen (secondary N) is 2. The van der Waals surface area contributed by atoms with Crippen LogP contribution in [0.5, 0.6) is 0 Å². The first-order valence-corrected chi connectivity index (χ1v) is 6.09. The summed E-state index contributed by atoms with van der Waals surface area (Å²) in [5.41, 5.74) is 0.815. The van der Waals surface area contributed by atoms with E-state index >= 15 is 0 Å². The molecule has 1 amide bonds. The Labute approximate surface area is 122 Å². The number of carbonyl (C=O) groups is 1. The molecule has 0 aliphatic heterocycles. The quantitative estimate of drug-likeness (QED) is 0.847. The van der Waals surface area contributed by atoms with Crippen LogP contribution in [0, 0.1) is 5.92 Å². The van der Waals surface area contributed by atoms with E-state index in [1.165, 1.54) is 6.07 Å². The van der Waals surface area contributed by atoms with Gasteiger partial charge in [-0.05, 0) is 31.3 Å². The lowest BCUT2D eigenvalue weighted by Gasteiger charge is -2.11. The van der Waals surface area contributed by atoms with Crippen molar-refractivity contribution in [3.63, 3.8) is 0 Å². The number of hydrogen-bond donors (Lipinski definition) is 2. The van der Waals surface area contributed by atoms with Gasteiger partial charge in [0.1, 0.15) is 5.58 Å². The van der Waals surface area contributed by atoms with E-state index in [1.807, 2.05) is 14.0 Å². The van der Waals surface area contributed by atoms with E-state index < -0.39 is 0 Å². The van der Waals surface area contributed by atoms with Gasteiger partial charge in [-0.25, -0.2) is 4.79 Å². The molecule has 2 aromatic rings. The van der Waals surface area contributed by atoms with Crippen molar-refractivity contribution in [1.82, 2.24) is 5.32 Å². The molecule has 1 aromatic carbocycles. The number of rotatable bonds is 4. The van der Waals surface area contributed by atoms with Crippen LogP contribution in [-0.2, 0) is 4.79 Å². The summed E-state index contributed by atoms with van der Waals surface area (Å²) in [6.07, 6.45) is 0. The molecule has 108 valence electrons. The van der Waals surface area contributed by atoms with Crippen LogP contribution in [0.1, 0.15) is 6.92 Å². The minimum atomic E-state index is -0.382. The Morgan fingerprint density at radius 2 is 2.05 bits per heavy atom. The van der Waals surface area contributed by atoms with Gasteiger partial charge in [0, 0.05) is 29.6 Å². The average molecular weight is 297 g/mol. The molecule has 0 aliphatic rings. The van der Waals surface area contributed by atoms with Gasteiger partial charge in [0.05, 0.1) is 0 Å². The van der Waals surface area contributed by atoms with E-state index in [-0.39, 0.29) is 29.9 Å². The molecule has 1 aromatic heterocycles. The molecular formula is C14H17ClN2O3. The number of hydrogen-bond acceptors (Lipinski definition) is 4. The van der Waals surface area contributed by atoms with Crippen LogP contribution in [0.4, 0.5) is 5.69 Å². The van der Waals surface area contributed by atoms with Crippen molar-refractivity contribution in [2.24, 2.45) is 5.92 Å². The maximum Gasteiger partial charge on any atom is 0.336 e. The van der Waals surface area contributed by atoms with Crippen LogP contribution in [0.25, 0.3) is 11.0 Å². The molecule has 0 fully saturated rings. The zero-order valence-electron chi connectivity index (χ0n) is 11.3. The Kier molecular flexibility index (Phi) is 5.73. The highest BCUT2D eigenvalue weighted by Crippen LogP contribution is 2.18. The fourth-order valence-corrected chi connectivity index (χ4v) is 1.81. The number of amides is 1. The summed E-state index contributed by atoms with van der Waals surface area (Å²) in [5.74, 6) is -0.166. The van der Waals surface area contributed by atoms with Gasteiger partial charge in [0.2, 0.25) is 5.91 Å². The smallest absolute Gasteiger partial charge is 0.336 e. The van der Waals surface area contributed by atoms with Gasteiger partial charge in [-0.3, -0.25) is 4.79 Å². The lowest BCUT2D eigenvalue weighted by atomic mass is 10.1. The summed E-state index contributed by atoms with van der Waals surface area (Å²) >= 11 is 0. The highest BCUT2D eigenvalue weighted by atomic mass is 35.5. The predicted octanol–water partition coefficient (Wildman–Crippen LogP) is 2.01. The number of benzene rings is 1. The van der Waals surface area contributed by atoms with Crippen molar-refractivity contribution < 1.29 is 9.21 Å². The molecule has 1 heterocycles. The minimum Gasteiger partial charge on any atom is -0.423 e. The second-order valence-corrected chi connectivity index (χ2v) is 4.46. The molecule has 0 saturated heterocycles. The Balaban J connectivity index is 0.00000200. The number of anilines is 1. The lowest BCUT2D eigenvalue weighted by molar-refractivity contribution is -0.119. The third kappa shape index (κ3) is 3.82. The van der Waals surface area contributed by atoms with E-state index in [0.717, 1.165) is 5.39 Å². The molecule has 0 spiro atoms. The van der Waals surface area contributed by atoms with Crippen LogP contribution in [0.3, 0.4) is 0 Å². The molecule has 2 N–H and O–H groups in total. The minimum absolute atomic E-state index is 0. The molecule has 1 unspecified atom stereocenters. The zero-order chi connectivity index (χ0) is 13.8. The number of fused-ring (bicyclic) bond motifs is 1. The topological polar surface area (TPSA) is 71.3 Å². The van der Waals surface area contributed by atoms with Crippen LogP contribution in [-0.4, -0.2) is 19.5 Å². The summed E-state index contributed by atoms with van der Waals surface area (Å²) in [6, 6.07) is 8.21. The number of carbonyl (C=O) groups excluding carboxylic acids is 1. The Morgan fingerprint density at radius 1 is 1.30 bits per heavy atom. The summed E-state index contributed by atoms with van der Waals surface area (Å²) in [5, 5.41) is 6.57. The van der Waals surface area contributed by atoms with Crippen molar-refractivity contribution in [3.05, 3.63) is 40.8 Å². The van der Waals surface area contributed by atoms with Crippen LogP contribution in [0.15, 0.2) is 39.5 Å². The van der Waals surface area contributed by atoms with Gasteiger partial charge in [-0.1, -0.05) is 6.92 Å². The van der Waals surface area contributed by atoms with E-state index in [4.69, 9.17) is 4.42 Å². The lowest BCUT2D eigenvalue weighted by Crippen LogP contribution is -2.28. The van der Waals surface area contributed by atoms with Crippen molar-refractivity contribution in [3.8, 4) is 0 Å². The first kappa shape index (κ1) is 16.2. The summed E-state index contributed by atoms with van der Waals surface area (Å²) in [6.45, 7) is 2.47. The maximum atomic E-state index is 11.9. The van der Waals surface area contributed by atoms with E-state index in [1.54, 1.807) is 24.3 Å². The normalized spacial score (nSPS) is 11.7. The van der Waals surface area contributed by atoms with Gasteiger partial charge in [0.25, 0.3) is 0 Å². The summed E-state index contributed by atoms with van der Waals surface area (Å²) in [7, 11) is 1.81. The first-order valence-electron chi connectivity index (χ1n) is 6.09. The number of halogens is 1. The van der Waals surface area contributed by atoms with E-state index in [9.17, 15) is 9.59 Å². The molecule has 20 heavy (non-hydrogen) atoms. The van der Waals surface area contributed by atoms with Gasteiger partial charge < -0.3 is 15.1 Å². The van der Waals surface area contributed by atoms with Crippen molar-refractivity contribution in [2.75, 3.05) is 18.9 Å². The van der Waals surface area contributed by atoms with Crippen LogP contribution >= 0.6 is 12.4 Å². The molecule has 0 radical (unpaired) electrons. The molecular weight excluding hydrogens is 280 g/mol. The molecule has 2 rings (SSSR count). The second-order valence-electron chi connectivity index (χ2n) is 4.46. The molecule has 6 heteroatoms. The molecule has 0 saturated carbocycles. The van der Waals surface area contributed by atoms with E-state index in [2.05, 4.69) is 10.6 Å². The second kappa shape index (κ2) is 7.07. The van der Waals surface area contributed by atoms with Crippen LogP contribution < -0.4 is 16.3 Å². The highest BCUT2D eigenvalue weighted by molar-refractivity contribution is 5.94. The molecule has 0 bridgehead atoms. The fraction of sp³-hybridized carbons (Fsp3) is 0.286. The van der Waals surface area contributed by atoms with E-state index in [0.29, 0.717) is 17.8 Å². The third-order valence-corrected chi connectivity index (χ3v) is 2.84. The monoisotopic (exact) mass is 296 g/mol. The molecule has 1 atom stereocenters. The maximum absolute atomic E-state index is 11.9. The Bertz CT molecular complexity index is 654. The zero-order valence-corrected chi connectivity index (χ0v) is 12.1.